The van der Waals surface area contributed by atoms with Crippen LogP contribution in [-0.4, -0.2) is 46.3 Å². The van der Waals surface area contributed by atoms with Crippen LogP contribution in [0, 0.1) is 6.92 Å². The monoisotopic (exact) mass is 449 g/mol. The highest BCUT2D eigenvalue weighted by molar-refractivity contribution is 9.10. The van der Waals surface area contributed by atoms with Gasteiger partial charge in [0.2, 0.25) is 0 Å². The molecule has 1 aliphatic heterocycles. The van der Waals surface area contributed by atoms with E-state index in [9.17, 15) is 4.79 Å². The molecule has 154 valence electrons. The van der Waals surface area contributed by atoms with Crippen molar-refractivity contribution in [3.8, 4) is 0 Å². The van der Waals surface area contributed by atoms with E-state index >= 15 is 0 Å². The Labute approximate surface area is 175 Å². The minimum Gasteiger partial charge on any atom is -0.378 e. The number of nitrogens with zero attached hydrogens (tertiary/aromatic N) is 2. The van der Waals surface area contributed by atoms with Crippen LogP contribution < -0.4 is 5.69 Å². The molecular formula is C22H32BrN3O2. The first-order chi connectivity index (χ1) is 13.6. The van der Waals surface area contributed by atoms with E-state index in [4.69, 9.17) is 4.74 Å². The third-order valence-electron chi connectivity index (χ3n) is 6.58. The SMILES string of the molecule is CCCO[C@H]1CC[C@@H](N2CCC(n3c(=O)[nH]c4cc(C)c(Br)cc43)CC2)CC1. The highest BCUT2D eigenvalue weighted by Gasteiger charge is 2.30. The van der Waals surface area contributed by atoms with E-state index < -0.39 is 0 Å². The molecule has 1 saturated heterocycles. The maximum absolute atomic E-state index is 12.6. The fourth-order valence-corrected chi connectivity index (χ4v) is 5.32. The van der Waals surface area contributed by atoms with Gasteiger partial charge in [-0.05, 0) is 69.6 Å². The average Bonchev–Trinajstić information content (AvgIpc) is 3.02. The van der Waals surface area contributed by atoms with Crippen molar-refractivity contribution in [2.24, 2.45) is 0 Å². The maximum Gasteiger partial charge on any atom is 0.326 e. The number of halogens is 1. The van der Waals surface area contributed by atoms with Crippen molar-refractivity contribution >= 4 is 27.0 Å². The zero-order chi connectivity index (χ0) is 19.7. The predicted octanol–water partition coefficient (Wildman–Crippen LogP) is 4.78. The number of nitrogens with one attached hydrogen (secondary N) is 1. The highest BCUT2D eigenvalue weighted by Crippen LogP contribution is 2.32. The largest absolute Gasteiger partial charge is 0.378 e. The van der Waals surface area contributed by atoms with Crippen molar-refractivity contribution in [1.82, 2.24) is 14.5 Å². The number of ether oxygens (including phenoxy) is 1. The van der Waals surface area contributed by atoms with Gasteiger partial charge < -0.3 is 14.6 Å². The molecule has 0 atom stereocenters. The minimum atomic E-state index is 0.0273. The van der Waals surface area contributed by atoms with Crippen molar-refractivity contribution in [3.05, 3.63) is 32.7 Å². The summed E-state index contributed by atoms with van der Waals surface area (Å²) in [6.45, 7) is 7.30. The molecule has 1 aliphatic carbocycles. The highest BCUT2D eigenvalue weighted by atomic mass is 79.9. The number of likely N-dealkylation sites (tertiary alicyclic amines) is 1. The molecule has 5 nitrogen and oxygen atoms in total. The number of hydrogen-bond donors (Lipinski definition) is 1. The summed E-state index contributed by atoms with van der Waals surface area (Å²) in [6, 6.07) is 5.13. The summed E-state index contributed by atoms with van der Waals surface area (Å²) in [5.74, 6) is 0. The van der Waals surface area contributed by atoms with Crippen LogP contribution in [-0.2, 0) is 4.74 Å². The van der Waals surface area contributed by atoms with Crippen molar-refractivity contribution in [1.29, 1.82) is 0 Å². The predicted molar refractivity (Wildman–Crippen MR) is 117 cm³/mol. The molecule has 6 heteroatoms. The Hall–Kier alpha value is -1.11. The number of aromatic amines is 1. The third-order valence-corrected chi connectivity index (χ3v) is 7.43. The number of rotatable bonds is 5. The van der Waals surface area contributed by atoms with Gasteiger partial charge in [0.15, 0.2) is 0 Å². The number of fused-ring (bicyclic) bond motifs is 1. The number of piperidine rings is 1. The third kappa shape index (κ3) is 4.10. The molecule has 0 bridgehead atoms. The summed E-state index contributed by atoms with van der Waals surface area (Å²) in [4.78, 5) is 18.3. The lowest BCUT2D eigenvalue weighted by Gasteiger charge is -2.41. The van der Waals surface area contributed by atoms with Gasteiger partial charge in [-0.1, -0.05) is 22.9 Å². The summed E-state index contributed by atoms with van der Waals surface area (Å²) >= 11 is 3.62. The van der Waals surface area contributed by atoms with Crippen molar-refractivity contribution < 1.29 is 4.74 Å². The smallest absolute Gasteiger partial charge is 0.326 e. The Balaban J connectivity index is 1.39. The van der Waals surface area contributed by atoms with E-state index in [1.807, 2.05) is 4.57 Å². The second-order valence-electron chi connectivity index (χ2n) is 8.49. The molecule has 4 rings (SSSR count). The molecule has 0 amide bonds. The molecular weight excluding hydrogens is 418 g/mol. The quantitative estimate of drug-likeness (QED) is 0.714. The van der Waals surface area contributed by atoms with Crippen LogP contribution in [0.3, 0.4) is 0 Å². The Bertz CT molecular complexity index is 859. The lowest BCUT2D eigenvalue weighted by Crippen LogP contribution is -2.45. The topological polar surface area (TPSA) is 50.3 Å². The summed E-state index contributed by atoms with van der Waals surface area (Å²) in [5.41, 5.74) is 3.14. The van der Waals surface area contributed by atoms with Crippen LogP contribution >= 0.6 is 15.9 Å². The Kier molecular flexibility index (Phi) is 6.28. The minimum absolute atomic E-state index is 0.0273. The zero-order valence-electron chi connectivity index (χ0n) is 17.0. The molecule has 2 aliphatic rings. The second kappa shape index (κ2) is 8.72. The van der Waals surface area contributed by atoms with Gasteiger partial charge >= 0.3 is 5.69 Å². The standard InChI is InChI=1S/C22H32BrN3O2/c1-3-12-28-18-6-4-16(5-7-18)25-10-8-17(9-11-25)26-21-14-19(23)15(2)13-20(21)24-22(26)27/h13-14,16-18H,3-12H2,1-2H3,(H,24,27)/t16-,18+. The fourth-order valence-electron chi connectivity index (χ4n) is 4.99. The summed E-state index contributed by atoms with van der Waals surface area (Å²) in [7, 11) is 0. The molecule has 28 heavy (non-hydrogen) atoms. The summed E-state index contributed by atoms with van der Waals surface area (Å²) in [6.07, 6.45) is 8.56. The van der Waals surface area contributed by atoms with Gasteiger partial charge in [0.25, 0.3) is 0 Å². The van der Waals surface area contributed by atoms with Gasteiger partial charge in [0.1, 0.15) is 0 Å². The van der Waals surface area contributed by atoms with Crippen LogP contribution in [0.15, 0.2) is 21.4 Å². The Morgan fingerprint density at radius 1 is 1.11 bits per heavy atom. The molecule has 1 N–H and O–H groups in total. The molecule has 1 aromatic carbocycles. The molecule has 2 heterocycles. The number of aryl methyl sites for hydroxylation is 1. The van der Waals surface area contributed by atoms with Gasteiger partial charge in [-0.15, -0.1) is 0 Å². The van der Waals surface area contributed by atoms with E-state index in [0.717, 1.165) is 60.0 Å². The first-order valence-corrected chi connectivity index (χ1v) is 11.6. The zero-order valence-corrected chi connectivity index (χ0v) is 18.6. The normalized spacial score (nSPS) is 24.8. The number of H-pyrrole nitrogens is 1. The lowest BCUT2D eigenvalue weighted by atomic mass is 9.90. The summed E-state index contributed by atoms with van der Waals surface area (Å²) < 4.78 is 9.00. The van der Waals surface area contributed by atoms with Crippen molar-refractivity contribution in [3.63, 3.8) is 0 Å². The Morgan fingerprint density at radius 3 is 2.50 bits per heavy atom. The maximum atomic E-state index is 12.6. The molecule has 2 aromatic rings. The van der Waals surface area contributed by atoms with Crippen LogP contribution in [0.4, 0.5) is 0 Å². The van der Waals surface area contributed by atoms with Gasteiger partial charge in [-0.2, -0.15) is 0 Å². The van der Waals surface area contributed by atoms with Crippen molar-refractivity contribution in [2.75, 3.05) is 19.7 Å². The van der Waals surface area contributed by atoms with Gasteiger partial charge in [-0.25, -0.2) is 4.79 Å². The first-order valence-electron chi connectivity index (χ1n) is 10.8. The number of hydrogen-bond acceptors (Lipinski definition) is 3. The van der Waals surface area contributed by atoms with Gasteiger partial charge in [0.05, 0.1) is 17.1 Å². The average molecular weight is 450 g/mol. The summed E-state index contributed by atoms with van der Waals surface area (Å²) in [5, 5.41) is 0. The Morgan fingerprint density at radius 2 is 1.82 bits per heavy atom. The van der Waals surface area contributed by atoms with E-state index in [-0.39, 0.29) is 11.7 Å². The van der Waals surface area contributed by atoms with Crippen LogP contribution in [0.25, 0.3) is 11.0 Å². The van der Waals surface area contributed by atoms with Gasteiger partial charge in [0, 0.05) is 36.3 Å². The number of imidazole rings is 1. The molecule has 0 spiro atoms. The van der Waals surface area contributed by atoms with E-state index in [2.05, 4.69) is 51.8 Å². The van der Waals surface area contributed by atoms with E-state index in [1.165, 1.54) is 25.7 Å². The fraction of sp³-hybridized carbons (Fsp3) is 0.682. The molecule has 0 unspecified atom stereocenters. The van der Waals surface area contributed by atoms with Crippen LogP contribution in [0.5, 0.6) is 0 Å². The molecule has 2 fully saturated rings. The molecule has 0 radical (unpaired) electrons. The van der Waals surface area contributed by atoms with Crippen molar-refractivity contribution in [2.45, 2.75) is 77.0 Å². The van der Waals surface area contributed by atoms with Crippen LogP contribution in [0.2, 0.25) is 0 Å². The van der Waals surface area contributed by atoms with E-state index in [0.29, 0.717) is 12.1 Å². The first kappa shape index (κ1) is 20.2. The number of aromatic nitrogens is 2. The molecule has 1 saturated carbocycles. The van der Waals surface area contributed by atoms with Gasteiger partial charge in [-0.3, -0.25) is 4.57 Å². The number of benzene rings is 1. The molecule has 1 aromatic heterocycles. The van der Waals surface area contributed by atoms with E-state index in [1.54, 1.807) is 0 Å². The van der Waals surface area contributed by atoms with Crippen LogP contribution in [0.1, 0.15) is 63.5 Å². The lowest BCUT2D eigenvalue weighted by molar-refractivity contribution is 0.00254. The second-order valence-corrected chi connectivity index (χ2v) is 9.34.